The van der Waals surface area contributed by atoms with E-state index in [2.05, 4.69) is 41.7 Å². The molecule has 1 aromatic rings. The predicted octanol–water partition coefficient (Wildman–Crippen LogP) is 3.89. The smallest absolute Gasteiger partial charge is 0.191 e. The Morgan fingerprint density at radius 2 is 2.00 bits per heavy atom. The molecule has 0 aliphatic carbocycles. The molecule has 1 fully saturated rings. The van der Waals surface area contributed by atoms with Crippen LogP contribution >= 0.6 is 35.7 Å². The Labute approximate surface area is 155 Å². The molecular weight excluding hydrogens is 407 g/mol. The maximum atomic E-state index is 6.09. The van der Waals surface area contributed by atoms with Gasteiger partial charge in [0.1, 0.15) is 0 Å². The summed E-state index contributed by atoms with van der Waals surface area (Å²) in [5.41, 5.74) is 7.25. The van der Waals surface area contributed by atoms with Crippen molar-refractivity contribution in [2.24, 2.45) is 10.7 Å². The van der Waals surface area contributed by atoms with Crippen molar-refractivity contribution in [1.82, 2.24) is 9.88 Å². The summed E-state index contributed by atoms with van der Waals surface area (Å²) in [4.78, 5) is 11.1. The first-order valence-electron chi connectivity index (χ1n) is 7.63. The van der Waals surface area contributed by atoms with Crippen LogP contribution in [0.3, 0.4) is 0 Å². The minimum Gasteiger partial charge on any atom is -0.370 e. The van der Waals surface area contributed by atoms with Gasteiger partial charge in [-0.2, -0.15) is 0 Å². The molecule has 1 saturated heterocycles. The van der Waals surface area contributed by atoms with Crippen LogP contribution in [0.4, 0.5) is 0 Å². The van der Waals surface area contributed by atoms with Crippen LogP contribution < -0.4 is 5.73 Å². The zero-order chi connectivity index (χ0) is 15.3. The third-order valence-electron chi connectivity index (χ3n) is 3.31. The second-order valence-electron chi connectivity index (χ2n) is 6.44. The average Bonchev–Trinajstić information content (AvgIpc) is 2.44. The number of rotatable bonds is 3. The molecule has 0 radical (unpaired) electrons. The van der Waals surface area contributed by atoms with Gasteiger partial charge >= 0.3 is 0 Å². The molecule has 2 heterocycles. The van der Waals surface area contributed by atoms with E-state index < -0.39 is 0 Å². The Morgan fingerprint density at radius 3 is 2.64 bits per heavy atom. The fraction of sp³-hybridized carbons (Fsp3) is 0.625. The Bertz CT molecular complexity index is 493. The fourth-order valence-corrected chi connectivity index (χ4v) is 3.26. The van der Waals surface area contributed by atoms with Crippen LogP contribution in [0.15, 0.2) is 28.3 Å². The number of likely N-dealkylation sites (tertiary alicyclic amines) is 1. The highest BCUT2D eigenvalue weighted by Gasteiger charge is 2.14. The topological polar surface area (TPSA) is 54.5 Å². The van der Waals surface area contributed by atoms with Gasteiger partial charge in [0, 0.05) is 24.0 Å². The molecule has 6 heteroatoms. The van der Waals surface area contributed by atoms with Gasteiger partial charge in [-0.1, -0.05) is 20.8 Å². The number of pyridine rings is 1. The van der Waals surface area contributed by atoms with Gasteiger partial charge in [-0.3, -0.25) is 0 Å². The lowest BCUT2D eigenvalue weighted by atomic mass is 10.1. The molecule has 0 bridgehead atoms. The summed E-state index contributed by atoms with van der Waals surface area (Å²) in [6.45, 7) is 9.28. The van der Waals surface area contributed by atoms with Crippen LogP contribution in [0.2, 0.25) is 0 Å². The van der Waals surface area contributed by atoms with Gasteiger partial charge in [-0.05, 0) is 37.0 Å². The molecule has 2 rings (SSSR count). The van der Waals surface area contributed by atoms with Crippen LogP contribution in [0.25, 0.3) is 0 Å². The van der Waals surface area contributed by atoms with Crippen LogP contribution in [0.1, 0.15) is 45.6 Å². The number of thioether (sulfide) groups is 1. The number of aliphatic imine (C=N–C) groups is 1. The van der Waals surface area contributed by atoms with Crippen LogP contribution in [-0.4, -0.2) is 33.7 Å². The van der Waals surface area contributed by atoms with Gasteiger partial charge in [0.2, 0.25) is 0 Å². The lowest BCUT2D eigenvalue weighted by Gasteiger charge is -2.27. The van der Waals surface area contributed by atoms with Gasteiger partial charge in [0.05, 0.1) is 11.6 Å². The standard InChI is InChI=1S/C16H26N4S.HI/c1-16(2,3)21-14-11-13(7-8-18-14)12-19-15(17)20-9-5-4-6-10-20;/h7-8,11H,4-6,9-10,12H2,1-3H3,(H2,17,19);1H. The largest absolute Gasteiger partial charge is 0.370 e. The average molecular weight is 434 g/mol. The quantitative estimate of drug-likeness (QED) is 0.340. The van der Waals surface area contributed by atoms with Crippen molar-refractivity contribution in [2.75, 3.05) is 13.1 Å². The van der Waals surface area contributed by atoms with E-state index in [-0.39, 0.29) is 28.7 Å². The lowest BCUT2D eigenvalue weighted by Crippen LogP contribution is -2.40. The molecule has 0 amide bonds. The Morgan fingerprint density at radius 1 is 1.32 bits per heavy atom. The molecule has 0 spiro atoms. The first-order chi connectivity index (χ1) is 9.94. The molecule has 0 aromatic carbocycles. The molecule has 124 valence electrons. The number of hydrogen-bond acceptors (Lipinski definition) is 3. The van der Waals surface area contributed by atoms with Crippen LogP contribution in [0, 0.1) is 0 Å². The molecule has 22 heavy (non-hydrogen) atoms. The SMILES string of the molecule is CC(C)(C)Sc1cc(CN=C(N)N2CCCCC2)ccn1.I. The number of aromatic nitrogens is 1. The molecular formula is C16H27IN4S. The summed E-state index contributed by atoms with van der Waals surface area (Å²) in [6.07, 6.45) is 5.60. The second-order valence-corrected chi connectivity index (χ2v) is 8.29. The van der Waals surface area contributed by atoms with E-state index in [1.165, 1.54) is 19.3 Å². The van der Waals surface area contributed by atoms with Crippen LogP contribution in [0.5, 0.6) is 0 Å². The van der Waals surface area contributed by atoms with E-state index in [4.69, 9.17) is 5.73 Å². The summed E-state index contributed by atoms with van der Waals surface area (Å²) in [7, 11) is 0. The number of guanidine groups is 1. The van der Waals surface area contributed by atoms with E-state index in [1.54, 1.807) is 11.8 Å². The van der Waals surface area contributed by atoms with Crippen molar-refractivity contribution in [3.8, 4) is 0 Å². The zero-order valence-corrected chi connectivity index (χ0v) is 16.9. The second kappa shape index (κ2) is 8.96. The highest BCUT2D eigenvalue weighted by molar-refractivity contribution is 14.0. The molecule has 4 nitrogen and oxygen atoms in total. The van der Waals surface area contributed by atoms with E-state index >= 15 is 0 Å². The fourth-order valence-electron chi connectivity index (χ4n) is 2.31. The summed E-state index contributed by atoms with van der Waals surface area (Å²) in [5, 5.41) is 1.05. The minimum absolute atomic E-state index is 0. The van der Waals surface area contributed by atoms with E-state index in [0.717, 1.165) is 23.7 Å². The Hall–Kier alpha value is -0.500. The highest BCUT2D eigenvalue weighted by Crippen LogP contribution is 2.30. The molecule has 1 aliphatic heterocycles. The number of nitrogens with two attached hydrogens (primary N) is 1. The number of nitrogens with zero attached hydrogens (tertiary/aromatic N) is 3. The van der Waals surface area contributed by atoms with Crippen molar-refractivity contribution in [3.63, 3.8) is 0 Å². The molecule has 0 atom stereocenters. The maximum absolute atomic E-state index is 6.09. The van der Waals surface area contributed by atoms with E-state index in [9.17, 15) is 0 Å². The van der Waals surface area contributed by atoms with Crippen molar-refractivity contribution in [2.45, 2.75) is 56.4 Å². The molecule has 1 aromatic heterocycles. The van der Waals surface area contributed by atoms with Crippen LogP contribution in [-0.2, 0) is 6.54 Å². The van der Waals surface area contributed by atoms with E-state index in [0.29, 0.717) is 12.5 Å². The predicted molar refractivity (Wildman–Crippen MR) is 106 cm³/mol. The summed E-state index contributed by atoms with van der Waals surface area (Å²) >= 11 is 1.78. The molecule has 2 N–H and O–H groups in total. The summed E-state index contributed by atoms with van der Waals surface area (Å²) < 4.78 is 0.168. The minimum atomic E-state index is 0. The number of hydrogen-bond donors (Lipinski definition) is 1. The monoisotopic (exact) mass is 434 g/mol. The zero-order valence-electron chi connectivity index (χ0n) is 13.7. The van der Waals surface area contributed by atoms with Crippen molar-refractivity contribution >= 4 is 41.7 Å². The normalized spacial score (nSPS) is 16.3. The van der Waals surface area contributed by atoms with E-state index in [1.807, 2.05) is 12.3 Å². The molecule has 1 aliphatic rings. The Balaban J connectivity index is 0.00000242. The highest BCUT2D eigenvalue weighted by atomic mass is 127. The van der Waals surface area contributed by atoms with Gasteiger partial charge in [-0.25, -0.2) is 9.98 Å². The molecule has 0 saturated carbocycles. The summed E-state index contributed by atoms with van der Waals surface area (Å²) in [5.74, 6) is 0.677. The third kappa shape index (κ3) is 6.73. The van der Waals surface area contributed by atoms with Gasteiger partial charge in [0.15, 0.2) is 5.96 Å². The lowest BCUT2D eigenvalue weighted by molar-refractivity contribution is 0.338. The van der Waals surface area contributed by atoms with Gasteiger partial charge in [-0.15, -0.1) is 35.7 Å². The maximum Gasteiger partial charge on any atom is 0.191 e. The summed E-state index contributed by atoms with van der Waals surface area (Å²) in [6, 6.07) is 4.13. The number of piperidine rings is 1. The van der Waals surface area contributed by atoms with Crippen molar-refractivity contribution in [1.29, 1.82) is 0 Å². The van der Waals surface area contributed by atoms with Gasteiger partial charge < -0.3 is 10.6 Å². The third-order valence-corrected chi connectivity index (χ3v) is 4.36. The Kier molecular flexibility index (Phi) is 7.96. The first-order valence-corrected chi connectivity index (χ1v) is 8.44. The molecule has 0 unspecified atom stereocenters. The van der Waals surface area contributed by atoms with Crippen molar-refractivity contribution in [3.05, 3.63) is 23.9 Å². The first kappa shape index (κ1) is 19.5. The van der Waals surface area contributed by atoms with Gasteiger partial charge in [0.25, 0.3) is 0 Å². The number of halogens is 1. The van der Waals surface area contributed by atoms with Crippen molar-refractivity contribution < 1.29 is 0 Å².